The van der Waals surface area contributed by atoms with E-state index in [1.165, 1.54) is 89.9 Å². The zero-order valence-electron chi connectivity index (χ0n) is 21.0. The molecule has 0 saturated carbocycles. The van der Waals surface area contributed by atoms with Crippen molar-refractivity contribution in [2.45, 2.75) is 110 Å². The first-order valence-electron chi connectivity index (χ1n) is 11.5. The average Bonchev–Trinajstić information content (AvgIpc) is 2.67. The van der Waals surface area contributed by atoms with E-state index in [0.29, 0.717) is 12.7 Å². The Bertz CT molecular complexity index is 504. The molecule has 0 heterocycles. The van der Waals surface area contributed by atoms with E-state index in [-0.39, 0.29) is 40.5 Å². The van der Waals surface area contributed by atoms with Gasteiger partial charge in [-0.15, -0.1) is 0 Å². The first kappa shape index (κ1) is 43.8. The predicted octanol–water partition coefficient (Wildman–Crippen LogP) is -0.477. The number of phosphoric acid groups is 1. The van der Waals surface area contributed by atoms with E-state index in [4.69, 9.17) is 24.0 Å². The third-order valence-corrected chi connectivity index (χ3v) is 4.60. The molecule has 0 rings (SSSR count). The van der Waals surface area contributed by atoms with Gasteiger partial charge in [0.05, 0.1) is 12.6 Å². The molecule has 0 spiro atoms. The van der Waals surface area contributed by atoms with Gasteiger partial charge in [-0.05, 0) is 12.5 Å². The number of unbranched alkanes of at least 4 members (excludes halogenated alkanes) is 15. The van der Waals surface area contributed by atoms with Gasteiger partial charge in [0.25, 0.3) is 0 Å². The number of carboxylic acids is 1. The van der Waals surface area contributed by atoms with Crippen molar-refractivity contribution in [3.63, 3.8) is 0 Å². The number of carbonyl (C=O) groups is 2. The van der Waals surface area contributed by atoms with Gasteiger partial charge in [0.15, 0.2) is 0 Å². The van der Waals surface area contributed by atoms with Gasteiger partial charge in [0, 0.05) is 6.08 Å². The zero-order valence-corrected chi connectivity index (χ0v) is 23.9. The second-order valence-corrected chi connectivity index (χ2v) is 8.66. The van der Waals surface area contributed by atoms with Crippen molar-refractivity contribution in [3.05, 3.63) is 12.2 Å². The second-order valence-electron chi connectivity index (χ2n) is 7.64. The summed E-state index contributed by atoms with van der Waals surface area (Å²) in [5, 5.41) is 10.1. The number of hydrogen-bond acceptors (Lipinski definition) is 5. The zero-order chi connectivity index (χ0) is 23.8. The smallest absolute Gasteiger partial charge is 0.545 e. The monoisotopic (exact) mass is 524 g/mol. The van der Waals surface area contributed by atoms with Gasteiger partial charge < -0.3 is 40.3 Å². The number of carbonyl (C=O) groups excluding carboxylic acids is 2. The van der Waals surface area contributed by atoms with Gasteiger partial charge in [-0.2, -0.15) is 0 Å². The van der Waals surface area contributed by atoms with Crippen LogP contribution >= 0.6 is 7.82 Å². The molecule has 0 aromatic rings. The summed E-state index contributed by atoms with van der Waals surface area (Å²) in [6, 6.07) is 0. The van der Waals surface area contributed by atoms with Gasteiger partial charge in [0.2, 0.25) is 0 Å². The van der Waals surface area contributed by atoms with Crippen molar-refractivity contribution in [3.8, 4) is 0 Å². The molecule has 0 aliphatic heterocycles. The molecule has 0 unspecified atom stereocenters. The third kappa shape index (κ3) is 53.2. The van der Waals surface area contributed by atoms with Crippen molar-refractivity contribution in [1.29, 1.82) is 0 Å². The molecule has 0 aromatic heterocycles. The van der Waals surface area contributed by atoms with Gasteiger partial charge in [-0.1, -0.05) is 103 Å². The molecule has 200 valence electrons. The van der Waals surface area contributed by atoms with Crippen LogP contribution in [-0.2, 0) is 18.9 Å². The fourth-order valence-corrected chi connectivity index (χ4v) is 3.01. The summed E-state index contributed by atoms with van der Waals surface area (Å²) in [5.74, 6) is -2.00. The summed E-state index contributed by atoms with van der Waals surface area (Å²) >= 11 is 0. The van der Waals surface area contributed by atoms with Crippen LogP contribution in [0.1, 0.15) is 110 Å². The SMILES string of the molecule is CCCCCCCCCCCCCCCCCCOC(=O)C=CC(=O)[O-].O.O.O=P(O)(O)O.[Na+]. The fourth-order valence-electron chi connectivity index (χ4n) is 3.01. The van der Waals surface area contributed by atoms with Crippen molar-refractivity contribution in [1.82, 2.24) is 0 Å². The van der Waals surface area contributed by atoms with Crippen LogP contribution in [0.15, 0.2) is 12.2 Å². The first-order chi connectivity index (χ1) is 14.7. The third-order valence-electron chi connectivity index (χ3n) is 4.60. The van der Waals surface area contributed by atoms with E-state index in [9.17, 15) is 14.7 Å². The maximum atomic E-state index is 11.1. The Kier molecular flexibility index (Phi) is 42.1. The van der Waals surface area contributed by atoms with E-state index in [1.807, 2.05) is 0 Å². The number of aliphatic carboxylic acids is 1. The predicted molar refractivity (Wildman–Crippen MR) is 126 cm³/mol. The Morgan fingerprint density at radius 3 is 1.29 bits per heavy atom. The summed E-state index contributed by atoms with van der Waals surface area (Å²) in [4.78, 5) is 42.8. The Balaban J connectivity index is -0.000000315. The summed E-state index contributed by atoms with van der Waals surface area (Å²) < 4.78 is 13.8. The van der Waals surface area contributed by atoms with E-state index in [0.717, 1.165) is 18.9 Å². The van der Waals surface area contributed by atoms with Crippen LogP contribution in [0.3, 0.4) is 0 Å². The normalized spacial score (nSPS) is 10.2. The van der Waals surface area contributed by atoms with Crippen LogP contribution in [0.25, 0.3) is 0 Å². The minimum atomic E-state index is -4.64. The van der Waals surface area contributed by atoms with Crippen molar-refractivity contribution in [2.24, 2.45) is 0 Å². The Labute approximate surface area is 226 Å². The topological polar surface area (TPSA) is 207 Å². The van der Waals surface area contributed by atoms with Gasteiger partial charge in [-0.3, -0.25) is 0 Å². The Morgan fingerprint density at radius 2 is 1.00 bits per heavy atom. The van der Waals surface area contributed by atoms with Crippen LogP contribution in [-0.4, -0.2) is 44.2 Å². The number of hydrogen-bond donors (Lipinski definition) is 3. The van der Waals surface area contributed by atoms with Crippen LogP contribution < -0.4 is 34.7 Å². The summed E-state index contributed by atoms with van der Waals surface area (Å²) in [6.45, 7) is 2.62. The average molecular weight is 525 g/mol. The number of ether oxygens (including phenoxy) is 1. The molecule has 0 amide bonds. The van der Waals surface area contributed by atoms with Crippen LogP contribution in [0.4, 0.5) is 0 Å². The van der Waals surface area contributed by atoms with E-state index >= 15 is 0 Å². The molecule has 34 heavy (non-hydrogen) atoms. The molecular weight excluding hydrogens is 478 g/mol. The van der Waals surface area contributed by atoms with E-state index < -0.39 is 19.8 Å². The standard InChI is InChI=1S/C22H40O4.Na.H3O4P.2H2O/c1-2-3-4-5-6-7-8-9-10-11-12-13-14-15-16-17-20-26-22(25)19-18-21(23)24;;1-5(2,3)4;;/h18-19H,2-17,20H2,1H3,(H,23,24);;(H3,1,2,3,4);2*1H2/q;+1;;;/p-1. The number of carboxylic acid groups (broad SMARTS) is 1. The summed E-state index contributed by atoms with van der Waals surface area (Å²) in [5.41, 5.74) is 0. The maximum absolute atomic E-state index is 11.1. The maximum Gasteiger partial charge on any atom is 1.00 e. The molecule has 0 aliphatic rings. The van der Waals surface area contributed by atoms with Gasteiger partial charge >= 0.3 is 43.3 Å². The summed E-state index contributed by atoms with van der Waals surface area (Å²) in [7, 11) is -4.64. The minimum Gasteiger partial charge on any atom is -0.545 e. The Morgan fingerprint density at radius 1 is 0.706 bits per heavy atom. The minimum absolute atomic E-state index is 0. The molecule has 0 bridgehead atoms. The fraction of sp³-hybridized carbons (Fsp3) is 0.818. The molecule has 0 aliphatic carbocycles. The quantitative estimate of drug-likeness (QED) is 0.0659. The van der Waals surface area contributed by atoms with Crippen LogP contribution in [0.2, 0.25) is 0 Å². The molecular formula is C22H46NaO10P. The molecule has 0 fully saturated rings. The van der Waals surface area contributed by atoms with Crippen LogP contribution in [0, 0.1) is 0 Å². The second kappa shape index (κ2) is 32.7. The van der Waals surface area contributed by atoms with E-state index in [2.05, 4.69) is 6.92 Å². The van der Waals surface area contributed by atoms with Crippen LogP contribution in [0.5, 0.6) is 0 Å². The molecule has 0 atom stereocenters. The van der Waals surface area contributed by atoms with Crippen molar-refractivity contribution < 1.29 is 79.2 Å². The Hall–Kier alpha value is -0.290. The van der Waals surface area contributed by atoms with Crippen molar-refractivity contribution >= 4 is 19.8 Å². The molecule has 10 nitrogen and oxygen atoms in total. The molecule has 12 heteroatoms. The number of rotatable bonds is 19. The summed E-state index contributed by atoms with van der Waals surface area (Å²) in [6.07, 6.45) is 22.4. The van der Waals surface area contributed by atoms with Gasteiger partial charge in [0.1, 0.15) is 0 Å². The van der Waals surface area contributed by atoms with E-state index in [1.54, 1.807) is 0 Å². The number of esters is 1. The molecule has 0 radical (unpaired) electrons. The van der Waals surface area contributed by atoms with Gasteiger partial charge in [-0.25, -0.2) is 9.36 Å². The largest absolute Gasteiger partial charge is 1.00 e. The molecule has 7 N–H and O–H groups in total. The first-order valence-corrected chi connectivity index (χ1v) is 13.1. The van der Waals surface area contributed by atoms with Crippen molar-refractivity contribution in [2.75, 3.05) is 6.61 Å². The molecule has 0 saturated heterocycles. The molecule has 0 aromatic carbocycles.